The minimum absolute atomic E-state index is 0.438. The number of benzene rings is 1. The first-order valence-corrected chi connectivity index (χ1v) is 7.98. The van der Waals surface area contributed by atoms with Crippen molar-refractivity contribution in [2.75, 3.05) is 7.05 Å². The largest absolute Gasteiger partial charge is 0.313 e. The van der Waals surface area contributed by atoms with Crippen LogP contribution >= 0.6 is 27.5 Å². The van der Waals surface area contributed by atoms with Gasteiger partial charge in [0.25, 0.3) is 0 Å². The molecule has 0 aliphatic heterocycles. The van der Waals surface area contributed by atoms with Crippen molar-refractivity contribution in [3.05, 3.63) is 33.3 Å². The van der Waals surface area contributed by atoms with E-state index in [9.17, 15) is 0 Å². The monoisotopic (exact) mass is 327 g/mol. The van der Waals surface area contributed by atoms with Gasteiger partial charge >= 0.3 is 0 Å². The van der Waals surface area contributed by atoms with Crippen LogP contribution in [0.5, 0.6) is 0 Å². The molecule has 4 unspecified atom stereocenters. The number of nitrogens with one attached hydrogen (secondary N) is 1. The fraction of sp³-hybridized carbons (Fsp3) is 0.600. The van der Waals surface area contributed by atoms with Crippen molar-refractivity contribution in [2.24, 2.45) is 17.8 Å². The fourth-order valence-electron chi connectivity index (χ4n) is 4.06. The number of rotatable bonds is 3. The van der Waals surface area contributed by atoms with Crippen molar-refractivity contribution in [2.45, 2.75) is 31.7 Å². The molecule has 0 radical (unpaired) electrons. The lowest BCUT2D eigenvalue weighted by atomic mass is 9.80. The second-order valence-corrected chi connectivity index (χ2v) is 7.06. The smallest absolute Gasteiger partial charge is 0.0410 e. The summed E-state index contributed by atoms with van der Waals surface area (Å²) >= 11 is 9.83. The molecule has 2 fully saturated rings. The van der Waals surface area contributed by atoms with Crippen molar-refractivity contribution in [3.63, 3.8) is 0 Å². The third-order valence-electron chi connectivity index (χ3n) is 4.83. The summed E-state index contributed by atoms with van der Waals surface area (Å²) in [6, 6.07) is 6.56. The molecule has 1 aromatic rings. The molecule has 1 aromatic carbocycles. The highest BCUT2D eigenvalue weighted by molar-refractivity contribution is 9.10. The lowest BCUT2D eigenvalue weighted by molar-refractivity contribution is 0.259. The molecule has 3 heteroatoms. The van der Waals surface area contributed by atoms with E-state index in [4.69, 9.17) is 11.6 Å². The van der Waals surface area contributed by atoms with Crippen molar-refractivity contribution in [1.29, 1.82) is 0 Å². The van der Waals surface area contributed by atoms with Gasteiger partial charge in [-0.1, -0.05) is 34.0 Å². The molecule has 0 saturated heterocycles. The molecular weight excluding hydrogens is 310 g/mol. The first-order chi connectivity index (χ1) is 8.69. The maximum absolute atomic E-state index is 6.15. The number of fused-ring (bicyclic) bond motifs is 2. The molecule has 2 aliphatic carbocycles. The maximum Gasteiger partial charge on any atom is 0.0410 e. The number of halogens is 2. The van der Waals surface area contributed by atoms with Gasteiger partial charge in [-0.3, -0.25) is 0 Å². The van der Waals surface area contributed by atoms with Crippen molar-refractivity contribution < 1.29 is 0 Å². The highest BCUT2D eigenvalue weighted by Gasteiger charge is 2.43. The Kier molecular flexibility index (Phi) is 3.70. The highest BCUT2D eigenvalue weighted by atomic mass is 79.9. The molecule has 0 amide bonds. The van der Waals surface area contributed by atoms with Crippen LogP contribution in [0.4, 0.5) is 0 Å². The Morgan fingerprint density at radius 2 is 2.17 bits per heavy atom. The molecule has 0 spiro atoms. The van der Waals surface area contributed by atoms with Gasteiger partial charge in [0.05, 0.1) is 0 Å². The lowest BCUT2D eigenvalue weighted by Gasteiger charge is -2.31. The van der Waals surface area contributed by atoms with E-state index in [2.05, 4.69) is 40.4 Å². The van der Waals surface area contributed by atoms with Gasteiger partial charge in [0.2, 0.25) is 0 Å². The molecule has 2 aliphatic rings. The Balaban J connectivity index is 1.90. The van der Waals surface area contributed by atoms with Crippen LogP contribution in [0.15, 0.2) is 22.7 Å². The Morgan fingerprint density at radius 1 is 1.33 bits per heavy atom. The van der Waals surface area contributed by atoms with Crippen LogP contribution in [0.1, 0.15) is 37.3 Å². The number of hydrogen-bond acceptors (Lipinski definition) is 1. The van der Waals surface area contributed by atoms with Gasteiger partial charge in [-0.05, 0) is 67.8 Å². The summed E-state index contributed by atoms with van der Waals surface area (Å²) in [5.74, 6) is 2.68. The van der Waals surface area contributed by atoms with Gasteiger partial charge in [0.1, 0.15) is 0 Å². The quantitative estimate of drug-likeness (QED) is 0.840. The summed E-state index contributed by atoms with van der Waals surface area (Å²) in [6.45, 7) is 0. The van der Waals surface area contributed by atoms with Gasteiger partial charge in [0.15, 0.2) is 0 Å². The molecule has 18 heavy (non-hydrogen) atoms. The van der Waals surface area contributed by atoms with Crippen molar-refractivity contribution in [1.82, 2.24) is 5.32 Å². The lowest BCUT2D eigenvalue weighted by Crippen LogP contribution is -2.29. The van der Waals surface area contributed by atoms with Crippen LogP contribution in [0.25, 0.3) is 0 Å². The van der Waals surface area contributed by atoms with Crippen LogP contribution in [0.2, 0.25) is 5.02 Å². The van der Waals surface area contributed by atoms with Crippen LogP contribution in [-0.2, 0) is 0 Å². The predicted molar refractivity (Wildman–Crippen MR) is 79.9 cm³/mol. The van der Waals surface area contributed by atoms with Gasteiger partial charge in [0, 0.05) is 15.5 Å². The Bertz CT molecular complexity index is 448. The molecule has 0 heterocycles. The minimum Gasteiger partial charge on any atom is -0.313 e. The summed E-state index contributed by atoms with van der Waals surface area (Å²) < 4.78 is 1.18. The van der Waals surface area contributed by atoms with E-state index in [1.54, 1.807) is 0 Å². The topological polar surface area (TPSA) is 12.0 Å². The van der Waals surface area contributed by atoms with E-state index in [1.165, 1.54) is 35.7 Å². The van der Waals surface area contributed by atoms with Gasteiger partial charge < -0.3 is 5.32 Å². The van der Waals surface area contributed by atoms with Crippen molar-refractivity contribution in [3.8, 4) is 0 Å². The summed E-state index contributed by atoms with van der Waals surface area (Å²) in [5.41, 5.74) is 1.32. The zero-order valence-electron chi connectivity index (χ0n) is 10.6. The molecule has 2 saturated carbocycles. The zero-order chi connectivity index (χ0) is 12.7. The van der Waals surface area contributed by atoms with E-state index in [0.29, 0.717) is 6.04 Å². The molecule has 98 valence electrons. The van der Waals surface area contributed by atoms with Crippen LogP contribution in [-0.4, -0.2) is 7.05 Å². The van der Waals surface area contributed by atoms with Crippen molar-refractivity contribution >= 4 is 27.5 Å². The molecule has 1 nitrogen and oxygen atoms in total. The summed E-state index contributed by atoms with van der Waals surface area (Å²) in [7, 11) is 2.07. The van der Waals surface area contributed by atoms with E-state index in [1.807, 2.05) is 6.07 Å². The average molecular weight is 329 g/mol. The molecule has 0 aromatic heterocycles. The van der Waals surface area contributed by atoms with Gasteiger partial charge in [-0.25, -0.2) is 0 Å². The standard InChI is InChI=1S/C15H19BrClN/c1-18-15(12-7-9-2-3-10(12)6-9)13-8-11(17)4-5-14(13)16/h4-5,8-10,12,15,18H,2-3,6-7H2,1H3. The Labute approximate surface area is 122 Å². The average Bonchev–Trinajstić information content (AvgIpc) is 2.97. The van der Waals surface area contributed by atoms with Gasteiger partial charge in [-0.15, -0.1) is 0 Å². The van der Waals surface area contributed by atoms with Gasteiger partial charge in [-0.2, -0.15) is 0 Å². The van der Waals surface area contributed by atoms with Crippen LogP contribution < -0.4 is 5.32 Å². The second-order valence-electron chi connectivity index (χ2n) is 5.77. The SMILES string of the molecule is CNC(c1cc(Cl)ccc1Br)C1CC2CCC1C2. The van der Waals surface area contributed by atoms with E-state index in [-0.39, 0.29) is 0 Å². The second kappa shape index (κ2) is 5.15. The number of hydrogen-bond donors (Lipinski definition) is 1. The van der Waals surface area contributed by atoms with Crippen LogP contribution in [0.3, 0.4) is 0 Å². The Morgan fingerprint density at radius 3 is 2.78 bits per heavy atom. The highest BCUT2D eigenvalue weighted by Crippen LogP contribution is 2.53. The molecule has 2 bridgehead atoms. The van der Waals surface area contributed by atoms with E-state index >= 15 is 0 Å². The summed E-state index contributed by atoms with van der Waals surface area (Å²) in [6.07, 6.45) is 5.70. The molecule has 4 atom stereocenters. The first kappa shape index (κ1) is 13.0. The fourth-order valence-corrected chi connectivity index (χ4v) is 4.73. The predicted octanol–water partition coefficient (Wildman–Crippen LogP) is 4.80. The van der Waals surface area contributed by atoms with Crippen LogP contribution in [0, 0.1) is 17.8 Å². The maximum atomic E-state index is 6.15. The summed E-state index contributed by atoms with van der Waals surface area (Å²) in [5, 5.41) is 4.35. The van der Waals surface area contributed by atoms with E-state index < -0.39 is 0 Å². The zero-order valence-corrected chi connectivity index (χ0v) is 13.0. The molecule has 1 N–H and O–H groups in total. The summed E-state index contributed by atoms with van der Waals surface area (Å²) in [4.78, 5) is 0. The third-order valence-corrected chi connectivity index (χ3v) is 5.78. The molecular formula is C15H19BrClN. The third kappa shape index (κ3) is 2.23. The minimum atomic E-state index is 0.438. The van der Waals surface area contributed by atoms with E-state index in [0.717, 1.165) is 22.8 Å². The normalized spacial score (nSPS) is 31.8. The first-order valence-electron chi connectivity index (χ1n) is 6.81. The molecule has 3 rings (SSSR count). The Hall–Kier alpha value is -0.0500.